The van der Waals surface area contributed by atoms with E-state index in [0.717, 1.165) is 0 Å². The fourth-order valence-electron chi connectivity index (χ4n) is 2.03. The average molecular weight is 357 g/mol. The molecule has 0 aliphatic carbocycles. The highest BCUT2D eigenvalue weighted by Crippen LogP contribution is 2.26. The quantitative estimate of drug-likeness (QED) is 0.622. The van der Waals surface area contributed by atoms with Crippen molar-refractivity contribution in [3.8, 4) is 46.6 Å². The summed E-state index contributed by atoms with van der Waals surface area (Å²) in [6, 6.07) is 5.21. The molecule has 3 aromatic heterocycles. The van der Waals surface area contributed by atoms with Crippen molar-refractivity contribution < 1.29 is 18.9 Å². The Labute approximate surface area is 148 Å². The molecule has 0 spiro atoms. The maximum absolute atomic E-state index is 5.14. The molecule has 26 heavy (non-hydrogen) atoms. The molecular formula is C15H15N7O4. The third kappa shape index (κ3) is 3.27. The van der Waals surface area contributed by atoms with E-state index in [-0.39, 0.29) is 35.2 Å². The third-order valence-electron chi connectivity index (χ3n) is 3.23. The summed E-state index contributed by atoms with van der Waals surface area (Å²) in [5.74, 6) is 1.29. The van der Waals surface area contributed by atoms with Gasteiger partial charge in [0.2, 0.25) is 11.6 Å². The lowest BCUT2D eigenvalue weighted by Gasteiger charge is -2.07. The lowest BCUT2D eigenvalue weighted by Crippen LogP contribution is -2.04. The third-order valence-corrected chi connectivity index (χ3v) is 3.23. The summed E-state index contributed by atoms with van der Waals surface area (Å²) in [6.07, 6.45) is 0. The van der Waals surface area contributed by atoms with Crippen LogP contribution in [0.1, 0.15) is 0 Å². The summed E-state index contributed by atoms with van der Waals surface area (Å²) >= 11 is 0. The number of rotatable bonds is 6. The highest BCUT2D eigenvalue weighted by molar-refractivity contribution is 5.57. The van der Waals surface area contributed by atoms with Gasteiger partial charge < -0.3 is 18.9 Å². The van der Waals surface area contributed by atoms with Gasteiger partial charge in [0.15, 0.2) is 0 Å². The Morgan fingerprint density at radius 2 is 0.962 bits per heavy atom. The summed E-state index contributed by atoms with van der Waals surface area (Å²) in [4.78, 5) is 12.9. The monoisotopic (exact) mass is 357 g/mol. The van der Waals surface area contributed by atoms with Crippen molar-refractivity contribution in [2.24, 2.45) is 0 Å². The Morgan fingerprint density at radius 1 is 0.538 bits per heavy atom. The van der Waals surface area contributed by atoms with E-state index in [2.05, 4.69) is 35.3 Å². The van der Waals surface area contributed by atoms with E-state index in [1.807, 2.05) is 0 Å². The summed E-state index contributed by atoms with van der Waals surface area (Å²) in [7, 11) is 5.83. The SMILES string of the molecule is COc1nnc(-c2cccc(-c3nnc(OC)c(OC)n3)n2)nc1OC. The molecule has 3 aromatic rings. The number of ether oxygens (including phenoxy) is 4. The van der Waals surface area contributed by atoms with Gasteiger partial charge in [0, 0.05) is 0 Å². The zero-order chi connectivity index (χ0) is 18.5. The zero-order valence-corrected chi connectivity index (χ0v) is 14.5. The average Bonchev–Trinajstić information content (AvgIpc) is 2.72. The van der Waals surface area contributed by atoms with Gasteiger partial charge in [-0.1, -0.05) is 6.07 Å². The second-order valence-electron chi connectivity index (χ2n) is 4.72. The summed E-state index contributed by atoms with van der Waals surface area (Å²) in [5, 5.41) is 15.8. The lowest BCUT2D eigenvalue weighted by atomic mass is 10.3. The van der Waals surface area contributed by atoms with Gasteiger partial charge in [0.05, 0.1) is 28.4 Å². The smallest absolute Gasteiger partial charge is 0.296 e. The highest BCUT2D eigenvalue weighted by Gasteiger charge is 2.16. The van der Waals surface area contributed by atoms with Gasteiger partial charge in [-0.05, 0) is 12.1 Å². The first-order valence-corrected chi connectivity index (χ1v) is 7.33. The molecule has 0 aliphatic heterocycles. The molecular weight excluding hydrogens is 342 g/mol. The van der Waals surface area contributed by atoms with Gasteiger partial charge in [-0.3, -0.25) is 0 Å². The Kier molecular flexibility index (Phi) is 4.97. The normalized spacial score (nSPS) is 10.3. The Morgan fingerprint density at radius 3 is 1.35 bits per heavy atom. The van der Waals surface area contributed by atoms with Gasteiger partial charge >= 0.3 is 0 Å². The molecule has 0 atom stereocenters. The van der Waals surface area contributed by atoms with Crippen LogP contribution in [-0.4, -0.2) is 63.8 Å². The molecule has 0 radical (unpaired) electrons. The number of hydrogen-bond donors (Lipinski definition) is 0. The van der Waals surface area contributed by atoms with Gasteiger partial charge in [0.1, 0.15) is 11.4 Å². The van der Waals surface area contributed by atoms with E-state index in [1.165, 1.54) is 28.4 Å². The Hall–Kier alpha value is -3.63. The molecule has 0 unspecified atom stereocenters. The number of aromatic nitrogens is 7. The predicted octanol–water partition coefficient (Wildman–Crippen LogP) is 0.820. The first-order chi connectivity index (χ1) is 12.7. The van der Waals surface area contributed by atoms with Crippen molar-refractivity contribution in [2.45, 2.75) is 0 Å². The molecule has 0 aliphatic rings. The summed E-state index contributed by atoms with van der Waals surface area (Å²) in [5.41, 5.74) is 0.906. The van der Waals surface area contributed by atoms with E-state index >= 15 is 0 Å². The summed E-state index contributed by atoms with van der Waals surface area (Å²) in [6.45, 7) is 0. The Bertz CT molecular complexity index is 851. The fraction of sp³-hybridized carbons (Fsp3) is 0.267. The van der Waals surface area contributed by atoms with Crippen LogP contribution in [0.5, 0.6) is 23.5 Å². The van der Waals surface area contributed by atoms with E-state index in [4.69, 9.17) is 18.9 Å². The van der Waals surface area contributed by atoms with Crippen molar-refractivity contribution in [1.82, 2.24) is 35.3 Å². The Balaban J connectivity index is 2.01. The number of hydrogen-bond acceptors (Lipinski definition) is 11. The van der Waals surface area contributed by atoms with Crippen molar-refractivity contribution in [2.75, 3.05) is 28.4 Å². The molecule has 0 saturated carbocycles. The zero-order valence-electron chi connectivity index (χ0n) is 14.5. The van der Waals surface area contributed by atoms with Crippen molar-refractivity contribution in [1.29, 1.82) is 0 Å². The van der Waals surface area contributed by atoms with Crippen molar-refractivity contribution >= 4 is 0 Å². The predicted molar refractivity (Wildman–Crippen MR) is 88.1 cm³/mol. The minimum absolute atomic E-state index is 0.180. The fourth-order valence-corrected chi connectivity index (χ4v) is 2.03. The second-order valence-corrected chi connectivity index (χ2v) is 4.72. The van der Waals surface area contributed by atoms with Crippen LogP contribution in [0.25, 0.3) is 23.0 Å². The van der Waals surface area contributed by atoms with Gasteiger partial charge in [-0.25, -0.2) is 4.98 Å². The van der Waals surface area contributed by atoms with Crippen LogP contribution >= 0.6 is 0 Å². The molecule has 0 bridgehead atoms. The molecule has 0 N–H and O–H groups in total. The molecule has 0 fully saturated rings. The van der Waals surface area contributed by atoms with E-state index in [0.29, 0.717) is 11.4 Å². The minimum Gasteiger partial charge on any atom is -0.477 e. The number of nitrogens with zero attached hydrogens (tertiary/aromatic N) is 7. The van der Waals surface area contributed by atoms with E-state index in [9.17, 15) is 0 Å². The summed E-state index contributed by atoms with van der Waals surface area (Å²) < 4.78 is 20.3. The molecule has 0 aromatic carbocycles. The second kappa shape index (κ2) is 7.51. The van der Waals surface area contributed by atoms with Crippen LogP contribution in [0.4, 0.5) is 0 Å². The van der Waals surface area contributed by atoms with E-state index in [1.54, 1.807) is 18.2 Å². The molecule has 0 amide bonds. The number of methoxy groups -OCH3 is 4. The first kappa shape index (κ1) is 17.2. The van der Waals surface area contributed by atoms with Crippen molar-refractivity contribution in [3.05, 3.63) is 18.2 Å². The van der Waals surface area contributed by atoms with Crippen LogP contribution in [0.3, 0.4) is 0 Å². The van der Waals surface area contributed by atoms with Crippen LogP contribution < -0.4 is 18.9 Å². The van der Waals surface area contributed by atoms with Crippen LogP contribution in [0, 0.1) is 0 Å². The molecule has 3 heterocycles. The lowest BCUT2D eigenvalue weighted by molar-refractivity contribution is 0.326. The van der Waals surface area contributed by atoms with Crippen LogP contribution in [-0.2, 0) is 0 Å². The topological polar surface area (TPSA) is 127 Å². The number of pyridine rings is 1. The maximum Gasteiger partial charge on any atom is 0.296 e. The maximum atomic E-state index is 5.14. The van der Waals surface area contributed by atoms with Crippen molar-refractivity contribution in [3.63, 3.8) is 0 Å². The van der Waals surface area contributed by atoms with E-state index < -0.39 is 0 Å². The van der Waals surface area contributed by atoms with Gasteiger partial charge in [-0.15, -0.1) is 20.4 Å². The largest absolute Gasteiger partial charge is 0.477 e. The van der Waals surface area contributed by atoms with Gasteiger partial charge in [0.25, 0.3) is 23.5 Å². The standard InChI is InChI=1S/C15H15N7O4/c1-23-12-14(25-3)21-19-10(17-12)8-6-5-7-9(16-8)11-18-13(24-2)15(26-4)22-20-11/h5-7H,1-4H3. The molecule has 0 saturated heterocycles. The van der Waals surface area contributed by atoms with Gasteiger partial charge in [-0.2, -0.15) is 9.97 Å². The van der Waals surface area contributed by atoms with Crippen LogP contribution in [0.15, 0.2) is 18.2 Å². The minimum atomic E-state index is 0.180. The molecule has 3 rings (SSSR count). The first-order valence-electron chi connectivity index (χ1n) is 7.33. The molecule has 11 nitrogen and oxygen atoms in total. The molecule has 134 valence electrons. The van der Waals surface area contributed by atoms with Crippen LogP contribution in [0.2, 0.25) is 0 Å². The molecule has 11 heteroatoms. The highest BCUT2D eigenvalue weighted by atomic mass is 16.5.